The Labute approximate surface area is 103 Å². The molecule has 0 bridgehead atoms. The minimum absolute atomic E-state index is 0.0270. The summed E-state index contributed by atoms with van der Waals surface area (Å²) in [6, 6.07) is 0.214. The van der Waals surface area contributed by atoms with Gasteiger partial charge in [-0.3, -0.25) is 4.79 Å². The lowest BCUT2D eigenvalue weighted by Gasteiger charge is -2.11. The van der Waals surface area contributed by atoms with Crippen molar-refractivity contribution in [3.05, 3.63) is 0 Å². The highest BCUT2D eigenvalue weighted by Gasteiger charge is 2.28. The van der Waals surface area contributed by atoms with Gasteiger partial charge in [0.25, 0.3) is 0 Å². The average molecular weight is 258 g/mol. The molecular weight excluding hydrogens is 244 g/mol. The summed E-state index contributed by atoms with van der Waals surface area (Å²) in [5.41, 5.74) is 0. The van der Waals surface area contributed by atoms with Crippen LogP contribution in [0.3, 0.4) is 0 Å². The molecule has 8 heteroatoms. The van der Waals surface area contributed by atoms with Crippen LogP contribution in [-0.4, -0.2) is 50.2 Å². The summed E-state index contributed by atoms with van der Waals surface area (Å²) in [4.78, 5) is 10.5. The Morgan fingerprint density at radius 1 is 1.65 bits per heavy atom. The molecule has 1 aliphatic rings. The molecule has 0 saturated heterocycles. The summed E-state index contributed by atoms with van der Waals surface area (Å²) in [6.45, 7) is 0. The van der Waals surface area contributed by atoms with Crippen LogP contribution in [0.15, 0.2) is 5.16 Å². The quantitative estimate of drug-likeness (QED) is 0.773. The van der Waals surface area contributed by atoms with E-state index in [0.29, 0.717) is 5.16 Å². The molecule has 1 fully saturated rings. The summed E-state index contributed by atoms with van der Waals surface area (Å²) in [5.74, 6) is -0.897. The van der Waals surface area contributed by atoms with Crippen LogP contribution >= 0.6 is 11.8 Å². The molecule has 94 valence electrons. The first kappa shape index (κ1) is 12.3. The molecule has 0 radical (unpaired) electrons. The highest BCUT2D eigenvalue weighted by atomic mass is 32.2. The molecule has 0 spiro atoms. The van der Waals surface area contributed by atoms with E-state index in [1.54, 1.807) is 11.8 Å². The van der Waals surface area contributed by atoms with E-state index in [-0.39, 0.29) is 17.9 Å². The van der Waals surface area contributed by atoms with Crippen molar-refractivity contribution in [2.45, 2.75) is 36.6 Å². The fourth-order valence-corrected chi connectivity index (χ4v) is 2.65. The maximum Gasteiger partial charge on any atom is 0.313 e. The van der Waals surface area contributed by atoms with Crippen LogP contribution in [-0.2, 0) is 9.53 Å². The number of thioether (sulfide) groups is 1. The Kier molecular flexibility index (Phi) is 3.95. The van der Waals surface area contributed by atoms with E-state index >= 15 is 0 Å². The number of carboxylic acids is 1. The third kappa shape index (κ3) is 2.95. The fourth-order valence-electron chi connectivity index (χ4n) is 1.99. The van der Waals surface area contributed by atoms with Crippen molar-refractivity contribution < 1.29 is 14.6 Å². The van der Waals surface area contributed by atoms with E-state index in [0.717, 1.165) is 31.0 Å². The zero-order valence-electron chi connectivity index (χ0n) is 9.44. The molecule has 1 saturated carbocycles. The number of rotatable bonds is 5. The summed E-state index contributed by atoms with van der Waals surface area (Å²) < 4.78 is 7.01. The Bertz CT molecular complexity index is 397. The number of tetrazole rings is 1. The van der Waals surface area contributed by atoms with E-state index in [4.69, 9.17) is 9.84 Å². The van der Waals surface area contributed by atoms with E-state index < -0.39 is 5.97 Å². The van der Waals surface area contributed by atoms with E-state index in [9.17, 15) is 4.79 Å². The van der Waals surface area contributed by atoms with Crippen LogP contribution < -0.4 is 0 Å². The standard InChI is InChI=1S/C9H14N4O3S/c1-16-7-3-2-6(4-7)13-9(10-11-12-13)17-5-8(14)15/h6-7H,2-5H2,1H3,(H,14,15). The topological polar surface area (TPSA) is 90.1 Å². The second-order valence-electron chi connectivity index (χ2n) is 3.91. The smallest absolute Gasteiger partial charge is 0.313 e. The second kappa shape index (κ2) is 5.46. The molecule has 17 heavy (non-hydrogen) atoms. The number of carbonyl (C=O) groups is 1. The van der Waals surface area contributed by atoms with E-state index in [2.05, 4.69) is 15.5 Å². The van der Waals surface area contributed by atoms with Crippen molar-refractivity contribution in [3.8, 4) is 0 Å². The summed E-state index contributed by atoms with van der Waals surface area (Å²) in [7, 11) is 1.70. The van der Waals surface area contributed by atoms with Gasteiger partial charge in [0.15, 0.2) is 0 Å². The summed E-state index contributed by atoms with van der Waals surface area (Å²) in [6.07, 6.45) is 3.08. The van der Waals surface area contributed by atoms with Crippen molar-refractivity contribution in [2.24, 2.45) is 0 Å². The molecule has 2 unspecified atom stereocenters. The lowest BCUT2D eigenvalue weighted by atomic mass is 10.2. The van der Waals surface area contributed by atoms with Gasteiger partial charge in [-0.1, -0.05) is 11.8 Å². The van der Waals surface area contributed by atoms with Crippen molar-refractivity contribution in [2.75, 3.05) is 12.9 Å². The van der Waals surface area contributed by atoms with Gasteiger partial charge in [-0.2, -0.15) is 0 Å². The van der Waals surface area contributed by atoms with Gasteiger partial charge in [-0.15, -0.1) is 5.10 Å². The Hall–Kier alpha value is -1.15. The third-order valence-electron chi connectivity index (χ3n) is 2.82. The highest BCUT2D eigenvalue weighted by molar-refractivity contribution is 7.99. The number of aromatic nitrogens is 4. The molecule has 0 amide bonds. The van der Waals surface area contributed by atoms with Crippen LogP contribution in [0.5, 0.6) is 0 Å². The first-order valence-corrected chi connectivity index (χ1v) is 6.34. The second-order valence-corrected chi connectivity index (χ2v) is 4.86. The molecule has 0 aromatic carbocycles. The van der Waals surface area contributed by atoms with Crippen molar-refractivity contribution in [3.63, 3.8) is 0 Å². The summed E-state index contributed by atoms with van der Waals surface area (Å²) >= 11 is 1.14. The number of carboxylic acid groups (broad SMARTS) is 1. The third-order valence-corrected chi connectivity index (χ3v) is 3.74. The number of methoxy groups -OCH3 is 1. The Morgan fingerprint density at radius 3 is 3.12 bits per heavy atom. The van der Waals surface area contributed by atoms with Crippen LogP contribution in [0.2, 0.25) is 0 Å². The van der Waals surface area contributed by atoms with Gasteiger partial charge in [0, 0.05) is 7.11 Å². The first-order chi connectivity index (χ1) is 8.20. The number of hydrogen-bond donors (Lipinski definition) is 1. The predicted molar refractivity (Wildman–Crippen MR) is 59.9 cm³/mol. The Balaban J connectivity index is 2.01. The maximum absolute atomic E-state index is 10.5. The van der Waals surface area contributed by atoms with Crippen molar-refractivity contribution in [1.29, 1.82) is 0 Å². The van der Waals surface area contributed by atoms with Crippen molar-refractivity contribution in [1.82, 2.24) is 20.2 Å². The first-order valence-electron chi connectivity index (χ1n) is 5.36. The van der Waals surface area contributed by atoms with E-state index in [1.807, 2.05) is 0 Å². The van der Waals surface area contributed by atoms with Gasteiger partial charge in [-0.05, 0) is 29.7 Å². The number of nitrogens with zero attached hydrogens (tertiary/aromatic N) is 4. The van der Waals surface area contributed by atoms with E-state index in [1.165, 1.54) is 0 Å². The lowest BCUT2D eigenvalue weighted by molar-refractivity contribution is -0.133. The van der Waals surface area contributed by atoms with Gasteiger partial charge < -0.3 is 9.84 Å². The monoisotopic (exact) mass is 258 g/mol. The SMILES string of the molecule is COC1CCC(n2nnnc2SCC(=O)O)C1. The van der Waals surface area contributed by atoms with Gasteiger partial charge >= 0.3 is 5.97 Å². The molecule has 1 aliphatic carbocycles. The molecule has 7 nitrogen and oxygen atoms in total. The fraction of sp³-hybridized carbons (Fsp3) is 0.778. The number of ether oxygens (including phenoxy) is 1. The maximum atomic E-state index is 10.5. The largest absolute Gasteiger partial charge is 0.481 e. The van der Waals surface area contributed by atoms with Gasteiger partial charge in [0.05, 0.1) is 17.9 Å². The summed E-state index contributed by atoms with van der Waals surface area (Å²) in [5, 5.41) is 20.6. The van der Waals surface area contributed by atoms with Gasteiger partial charge in [-0.25, -0.2) is 4.68 Å². The van der Waals surface area contributed by atoms with Crippen LogP contribution in [0.4, 0.5) is 0 Å². The Morgan fingerprint density at radius 2 is 2.47 bits per heavy atom. The highest BCUT2D eigenvalue weighted by Crippen LogP contribution is 2.33. The molecule has 1 heterocycles. The molecule has 1 aromatic heterocycles. The zero-order chi connectivity index (χ0) is 12.3. The van der Waals surface area contributed by atoms with Crippen LogP contribution in [0.25, 0.3) is 0 Å². The molecular formula is C9H14N4O3S. The molecule has 1 N–H and O–H groups in total. The molecule has 2 rings (SSSR count). The average Bonchev–Trinajstić information content (AvgIpc) is 2.94. The van der Waals surface area contributed by atoms with Gasteiger partial charge in [0.2, 0.25) is 5.16 Å². The van der Waals surface area contributed by atoms with Crippen molar-refractivity contribution >= 4 is 17.7 Å². The minimum atomic E-state index is -0.870. The predicted octanol–water partition coefficient (Wildman–Crippen LogP) is 0.590. The lowest BCUT2D eigenvalue weighted by Crippen LogP contribution is -2.12. The van der Waals surface area contributed by atoms with Crippen LogP contribution in [0.1, 0.15) is 25.3 Å². The molecule has 2 atom stereocenters. The minimum Gasteiger partial charge on any atom is -0.481 e. The van der Waals surface area contributed by atoms with Crippen LogP contribution in [0, 0.1) is 0 Å². The van der Waals surface area contributed by atoms with Gasteiger partial charge in [0.1, 0.15) is 0 Å². The number of hydrogen-bond acceptors (Lipinski definition) is 6. The normalized spacial score (nSPS) is 24.1. The molecule has 0 aliphatic heterocycles. The number of aliphatic carboxylic acids is 1. The molecule has 1 aromatic rings. The zero-order valence-corrected chi connectivity index (χ0v) is 10.3.